The molecule has 2 aromatic carbocycles. The summed E-state index contributed by atoms with van der Waals surface area (Å²) in [6, 6.07) is 13.6. The van der Waals surface area contributed by atoms with Crippen molar-refractivity contribution >= 4 is 27.5 Å². The van der Waals surface area contributed by atoms with Crippen LogP contribution in [0.3, 0.4) is 0 Å². The van der Waals surface area contributed by atoms with Crippen molar-refractivity contribution in [3.05, 3.63) is 59.7 Å². The summed E-state index contributed by atoms with van der Waals surface area (Å²) in [6.07, 6.45) is 3.86. The van der Waals surface area contributed by atoms with Gasteiger partial charge in [0, 0.05) is 38.2 Å². The van der Waals surface area contributed by atoms with E-state index < -0.39 is 10.0 Å². The fourth-order valence-corrected chi connectivity index (χ4v) is 5.71. The number of fused-ring (bicyclic) bond motifs is 1. The summed E-state index contributed by atoms with van der Waals surface area (Å²) in [6.45, 7) is 2.35. The van der Waals surface area contributed by atoms with E-state index in [1.54, 1.807) is 12.1 Å². The average molecular weight is 442 g/mol. The van der Waals surface area contributed by atoms with Crippen LogP contribution in [0.1, 0.15) is 41.6 Å². The first kappa shape index (κ1) is 21.4. The van der Waals surface area contributed by atoms with Gasteiger partial charge in [-0.3, -0.25) is 13.9 Å². The zero-order valence-electron chi connectivity index (χ0n) is 17.4. The largest absolute Gasteiger partial charge is 0.352 e. The number of carbonyl (C=O) groups is 2. The molecule has 2 aliphatic rings. The van der Waals surface area contributed by atoms with Crippen LogP contribution in [0.25, 0.3) is 0 Å². The summed E-state index contributed by atoms with van der Waals surface area (Å²) in [5.74, 6) is -0.0699. The third-order valence-electron chi connectivity index (χ3n) is 5.83. The van der Waals surface area contributed by atoms with Gasteiger partial charge in [0.05, 0.1) is 10.6 Å². The van der Waals surface area contributed by atoms with Crippen molar-refractivity contribution in [1.29, 1.82) is 0 Å². The number of benzene rings is 2. The first-order chi connectivity index (χ1) is 15.0. The number of nitrogens with one attached hydrogen (secondary N) is 1. The smallest absolute Gasteiger partial charge is 0.264 e. The number of hydrogen-bond acceptors (Lipinski definition) is 4. The molecular weight excluding hydrogens is 414 g/mol. The second kappa shape index (κ2) is 9.09. The van der Waals surface area contributed by atoms with Gasteiger partial charge >= 0.3 is 0 Å². The lowest BCUT2D eigenvalue weighted by atomic mass is 10.0. The molecule has 0 atom stereocenters. The second-order valence-corrected chi connectivity index (χ2v) is 9.79. The third-order valence-corrected chi connectivity index (χ3v) is 7.66. The Morgan fingerprint density at radius 1 is 0.968 bits per heavy atom. The molecule has 8 heteroatoms. The number of anilines is 1. The monoisotopic (exact) mass is 441 g/mol. The van der Waals surface area contributed by atoms with Crippen molar-refractivity contribution in [2.45, 2.75) is 37.0 Å². The van der Waals surface area contributed by atoms with E-state index in [0.29, 0.717) is 38.0 Å². The van der Waals surface area contributed by atoms with E-state index in [0.717, 1.165) is 37.1 Å². The predicted octanol–water partition coefficient (Wildman–Crippen LogP) is 2.57. The minimum atomic E-state index is -3.69. The molecule has 0 bridgehead atoms. The Labute approximate surface area is 183 Å². The van der Waals surface area contributed by atoms with Gasteiger partial charge in [0.2, 0.25) is 5.91 Å². The first-order valence-corrected chi connectivity index (χ1v) is 12.2. The number of carbonyl (C=O) groups excluding carboxylic acids is 2. The van der Waals surface area contributed by atoms with Crippen LogP contribution in [0.4, 0.5) is 5.69 Å². The van der Waals surface area contributed by atoms with Crippen molar-refractivity contribution in [3.8, 4) is 0 Å². The topological polar surface area (TPSA) is 86.8 Å². The molecule has 1 N–H and O–H groups in total. The van der Waals surface area contributed by atoms with Crippen LogP contribution >= 0.6 is 0 Å². The van der Waals surface area contributed by atoms with Gasteiger partial charge in [0.25, 0.3) is 15.9 Å². The Balaban J connectivity index is 1.37. The molecule has 0 aliphatic carbocycles. The molecule has 2 aromatic rings. The predicted molar refractivity (Wildman–Crippen MR) is 119 cm³/mol. The van der Waals surface area contributed by atoms with Crippen molar-refractivity contribution in [2.75, 3.05) is 30.5 Å². The lowest BCUT2D eigenvalue weighted by Gasteiger charge is -2.30. The van der Waals surface area contributed by atoms with Crippen molar-refractivity contribution in [1.82, 2.24) is 10.2 Å². The number of nitrogens with zero attached hydrogens (tertiary/aromatic N) is 2. The molecule has 0 radical (unpaired) electrons. The Kier molecular flexibility index (Phi) is 6.27. The lowest BCUT2D eigenvalue weighted by Crippen LogP contribution is -2.35. The van der Waals surface area contributed by atoms with E-state index in [-0.39, 0.29) is 16.7 Å². The van der Waals surface area contributed by atoms with Crippen LogP contribution in [-0.4, -0.2) is 51.3 Å². The molecule has 2 amide bonds. The van der Waals surface area contributed by atoms with E-state index in [9.17, 15) is 18.0 Å². The number of sulfonamides is 1. The Morgan fingerprint density at radius 3 is 2.45 bits per heavy atom. The highest BCUT2D eigenvalue weighted by Crippen LogP contribution is 2.31. The van der Waals surface area contributed by atoms with E-state index >= 15 is 0 Å². The number of likely N-dealkylation sites (tertiary alicyclic amines) is 1. The molecule has 1 saturated heterocycles. The summed E-state index contributed by atoms with van der Waals surface area (Å²) < 4.78 is 27.8. The van der Waals surface area contributed by atoms with E-state index in [2.05, 4.69) is 5.32 Å². The molecule has 0 aromatic heterocycles. The molecule has 0 spiro atoms. The molecule has 4 rings (SSSR count). The number of para-hydroxylation sites is 1. The summed E-state index contributed by atoms with van der Waals surface area (Å²) >= 11 is 0. The highest BCUT2D eigenvalue weighted by molar-refractivity contribution is 7.92. The second-order valence-electron chi connectivity index (χ2n) is 7.93. The van der Waals surface area contributed by atoms with Crippen molar-refractivity contribution in [2.24, 2.45) is 0 Å². The average Bonchev–Trinajstić information content (AvgIpc) is 3.20. The van der Waals surface area contributed by atoms with E-state index in [1.165, 1.54) is 16.4 Å². The number of hydrogen-bond donors (Lipinski definition) is 1. The fraction of sp³-hybridized carbons (Fsp3) is 0.391. The Bertz CT molecular complexity index is 1070. The number of aryl methyl sites for hydroxylation is 1. The van der Waals surface area contributed by atoms with Gasteiger partial charge in [-0.25, -0.2) is 8.42 Å². The Morgan fingerprint density at radius 2 is 1.71 bits per heavy atom. The van der Waals surface area contributed by atoms with Gasteiger partial charge in [-0.1, -0.05) is 18.2 Å². The third kappa shape index (κ3) is 4.58. The number of rotatable bonds is 7. The maximum atomic E-state index is 13.2. The van der Waals surface area contributed by atoms with Crippen LogP contribution in [0.15, 0.2) is 53.4 Å². The molecular formula is C23H27N3O4S. The zero-order chi connectivity index (χ0) is 21.8. The van der Waals surface area contributed by atoms with Crippen LogP contribution < -0.4 is 9.62 Å². The molecule has 7 nitrogen and oxygen atoms in total. The van der Waals surface area contributed by atoms with Gasteiger partial charge in [0.15, 0.2) is 0 Å². The van der Waals surface area contributed by atoms with Gasteiger partial charge < -0.3 is 10.2 Å². The Hall–Kier alpha value is -2.87. The first-order valence-electron chi connectivity index (χ1n) is 10.7. The van der Waals surface area contributed by atoms with Crippen LogP contribution in [0, 0.1) is 0 Å². The molecule has 2 heterocycles. The van der Waals surface area contributed by atoms with Gasteiger partial charge in [-0.05, 0) is 61.6 Å². The molecule has 1 fully saturated rings. The van der Waals surface area contributed by atoms with Gasteiger partial charge in [-0.15, -0.1) is 0 Å². The maximum Gasteiger partial charge on any atom is 0.264 e. The zero-order valence-corrected chi connectivity index (χ0v) is 18.2. The SMILES string of the molecule is O=C(NCCCN1CCCC1=O)c1ccc(S(=O)(=O)N2CCCc3ccccc32)cc1. The highest BCUT2D eigenvalue weighted by atomic mass is 32.2. The van der Waals surface area contributed by atoms with E-state index in [4.69, 9.17) is 0 Å². The van der Waals surface area contributed by atoms with E-state index in [1.807, 2.05) is 29.2 Å². The van der Waals surface area contributed by atoms with Gasteiger partial charge in [-0.2, -0.15) is 0 Å². The summed E-state index contributed by atoms with van der Waals surface area (Å²) in [7, 11) is -3.69. The molecule has 0 unspecified atom stereocenters. The minimum Gasteiger partial charge on any atom is -0.352 e. The standard InChI is InChI=1S/C23H27N3O4S/c27-22-9-4-15-25(22)16-5-14-24-23(28)19-10-12-20(13-11-19)31(29,30)26-17-3-7-18-6-1-2-8-21(18)26/h1-2,6,8,10-13H,3-5,7,9,14-17H2,(H,24,28). The van der Waals surface area contributed by atoms with Crippen LogP contribution in [0.5, 0.6) is 0 Å². The van der Waals surface area contributed by atoms with Crippen LogP contribution in [-0.2, 0) is 21.2 Å². The number of amides is 2. The summed E-state index contributed by atoms with van der Waals surface area (Å²) in [4.78, 5) is 26.0. The normalized spacial score (nSPS) is 16.3. The molecule has 2 aliphatic heterocycles. The summed E-state index contributed by atoms with van der Waals surface area (Å²) in [5.41, 5.74) is 2.17. The summed E-state index contributed by atoms with van der Waals surface area (Å²) in [5, 5.41) is 2.84. The van der Waals surface area contributed by atoms with Crippen molar-refractivity contribution in [3.63, 3.8) is 0 Å². The quantitative estimate of drug-likeness (QED) is 0.669. The highest BCUT2D eigenvalue weighted by Gasteiger charge is 2.29. The lowest BCUT2D eigenvalue weighted by molar-refractivity contribution is -0.127. The fourth-order valence-electron chi connectivity index (χ4n) is 4.17. The minimum absolute atomic E-state index is 0.174. The van der Waals surface area contributed by atoms with Crippen molar-refractivity contribution < 1.29 is 18.0 Å². The van der Waals surface area contributed by atoms with Crippen LogP contribution in [0.2, 0.25) is 0 Å². The maximum absolute atomic E-state index is 13.2. The van der Waals surface area contributed by atoms with Gasteiger partial charge in [0.1, 0.15) is 0 Å². The molecule has 31 heavy (non-hydrogen) atoms. The molecule has 0 saturated carbocycles. The molecule has 164 valence electrons.